The molecule has 2 aromatic heterocycles. The number of fused-ring (bicyclic) bond motifs is 1. The molecular weight excluding hydrogens is 535 g/mol. The summed E-state index contributed by atoms with van der Waals surface area (Å²) < 4.78 is 20.9. The van der Waals surface area contributed by atoms with Gasteiger partial charge in [0.15, 0.2) is 0 Å². The van der Waals surface area contributed by atoms with Crippen LogP contribution in [0.2, 0.25) is 0 Å². The summed E-state index contributed by atoms with van der Waals surface area (Å²) in [6.45, 7) is 8.13. The normalized spacial score (nSPS) is 17.4. The predicted molar refractivity (Wildman–Crippen MR) is 165 cm³/mol. The summed E-state index contributed by atoms with van der Waals surface area (Å²) in [6.07, 6.45) is 7.39. The molecule has 0 saturated carbocycles. The molecular formula is C32H37FN6OS. The van der Waals surface area contributed by atoms with E-state index in [1.807, 2.05) is 30.3 Å². The van der Waals surface area contributed by atoms with Gasteiger partial charge in [0.1, 0.15) is 11.6 Å². The molecule has 214 valence electrons. The highest BCUT2D eigenvalue weighted by molar-refractivity contribution is 7.15. The first-order valence-electron chi connectivity index (χ1n) is 14.6. The molecule has 7 nitrogen and oxygen atoms in total. The summed E-state index contributed by atoms with van der Waals surface area (Å²) in [6, 6.07) is 13.9. The maximum atomic E-state index is 15.4. The third-order valence-electron chi connectivity index (χ3n) is 7.97. The van der Waals surface area contributed by atoms with Gasteiger partial charge in [-0.3, -0.25) is 4.90 Å². The van der Waals surface area contributed by atoms with Crippen molar-refractivity contribution in [3.8, 4) is 27.6 Å². The number of nitrogens with one attached hydrogen (secondary N) is 1. The molecule has 2 aromatic carbocycles. The smallest absolute Gasteiger partial charge is 0.227 e. The van der Waals surface area contributed by atoms with Crippen molar-refractivity contribution in [1.29, 1.82) is 0 Å². The zero-order valence-electron chi connectivity index (χ0n) is 24.0. The van der Waals surface area contributed by atoms with Crippen LogP contribution < -0.4 is 15.0 Å². The molecule has 6 rings (SSSR count). The Morgan fingerprint density at radius 3 is 2.80 bits per heavy atom. The number of methoxy groups -OCH3 is 1. The largest absolute Gasteiger partial charge is 0.497 e. The van der Waals surface area contributed by atoms with E-state index in [-0.39, 0.29) is 5.82 Å². The second kappa shape index (κ2) is 12.1. The van der Waals surface area contributed by atoms with Crippen LogP contribution in [0.15, 0.2) is 48.7 Å². The minimum atomic E-state index is -0.224. The van der Waals surface area contributed by atoms with Crippen molar-refractivity contribution in [1.82, 2.24) is 19.9 Å². The van der Waals surface area contributed by atoms with Crippen LogP contribution in [0.3, 0.4) is 0 Å². The molecule has 41 heavy (non-hydrogen) atoms. The molecule has 4 heterocycles. The van der Waals surface area contributed by atoms with Gasteiger partial charge in [0.25, 0.3) is 0 Å². The Balaban J connectivity index is 1.25. The summed E-state index contributed by atoms with van der Waals surface area (Å²) in [4.78, 5) is 20.0. The molecule has 4 aromatic rings. The van der Waals surface area contributed by atoms with E-state index < -0.39 is 0 Å². The average Bonchev–Trinajstić information content (AvgIpc) is 3.41. The molecule has 9 heteroatoms. The summed E-state index contributed by atoms with van der Waals surface area (Å²) in [5.41, 5.74) is 5.06. The first-order valence-corrected chi connectivity index (χ1v) is 15.4. The molecule has 2 aliphatic heterocycles. The number of piperidine rings is 1. The monoisotopic (exact) mass is 572 g/mol. The standard InChI is InChI=1S/C32H37FN6OS/c1-4-7-29-37-30(22-16-21(2)17-25(18-22)40-3)31(41-29)27-11-12-34-32(36-27)35-23-9-10-28(26(33)19-23)39-15-14-38-13-6-5-8-24(38)20-39/h9-12,16-19,24H,4-8,13-15,20H2,1-3H3,(H,34,35,36). The fourth-order valence-electron chi connectivity index (χ4n) is 5.95. The summed E-state index contributed by atoms with van der Waals surface area (Å²) in [5, 5.41) is 4.29. The van der Waals surface area contributed by atoms with E-state index in [1.54, 1.807) is 30.7 Å². The van der Waals surface area contributed by atoms with Crippen molar-refractivity contribution < 1.29 is 9.13 Å². The van der Waals surface area contributed by atoms with Gasteiger partial charge in [-0.05, 0) is 87.2 Å². The Bertz CT molecular complexity index is 1520. The van der Waals surface area contributed by atoms with Crippen LogP contribution in [0, 0.1) is 12.7 Å². The third-order valence-corrected chi connectivity index (χ3v) is 9.10. The van der Waals surface area contributed by atoms with Gasteiger partial charge in [0.2, 0.25) is 5.95 Å². The molecule has 0 aliphatic carbocycles. The second-order valence-corrected chi connectivity index (χ2v) is 12.0. The number of benzene rings is 2. The van der Waals surface area contributed by atoms with Crippen molar-refractivity contribution in [3.63, 3.8) is 0 Å². The van der Waals surface area contributed by atoms with Gasteiger partial charge in [-0.1, -0.05) is 13.3 Å². The average molecular weight is 573 g/mol. The van der Waals surface area contributed by atoms with Gasteiger partial charge in [0, 0.05) is 43.1 Å². The third kappa shape index (κ3) is 6.06. The maximum absolute atomic E-state index is 15.4. The lowest BCUT2D eigenvalue weighted by atomic mass is 9.99. The first-order chi connectivity index (χ1) is 20.0. The fourth-order valence-corrected chi connectivity index (χ4v) is 7.10. The number of aromatic nitrogens is 3. The van der Waals surface area contributed by atoms with Crippen LogP contribution in [-0.2, 0) is 6.42 Å². The fraction of sp³-hybridized carbons (Fsp3) is 0.406. The van der Waals surface area contributed by atoms with Crippen LogP contribution in [0.1, 0.15) is 43.2 Å². The molecule has 1 N–H and O–H groups in total. The number of piperazine rings is 1. The van der Waals surface area contributed by atoms with Gasteiger partial charge >= 0.3 is 0 Å². The topological polar surface area (TPSA) is 66.4 Å². The zero-order valence-corrected chi connectivity index (χ0v) is 24.8. The van der Waals surface area contributed by atoms with Crippen molar-refractivity contribution in [2.75, 3.05) is 43.5 Å². The van der Waals surface area contributed by atoms with Gasteiger partial charge in [0.05, 0.1) is 34.1 Å². The number of anilines is 3. The van der Waals surface area contributed by atoms with Crippen molar-refractivity contribution >= 4 is 28.7 Å². The maximum Gasteiger partial charge on any atom is 0.227 e. The molecule has 2 saturated heterocycles. The second-order valence-electron chi connectivity index (χ2n) is 11.0. The number of rotatable bonds is 8. The Morgan fingerprint density at radius 2 is 1.98 bits per heavy atom. The summed E-state index contributed by atoms with van der Waals surface area (Å²) in [5.74, 6) is 0.994. The van der Waals surface area contributed by atoms with Gasteiger partial charge in [-0.2, -0.15) is 0 Å². The lowest BCUT2D eigenvalue weighted by Gasteiger charge is -2.45. The number of hydrogen-bond acceptors (Lipinski definition) is 8. The highest BCUT2D eigenvalue weighted by Crippen LogP contribution is 2.38. The lowest BCUT2D eigenvalue weighted by Crippen LogP contribution is -2.55. The van der Waals surface area contributed by atoms with Gasteiger partial charge < -0.3 is 15.0 Å². The Morgan fingerprint density at radius 1 is 1.07 bits per heavy atom. The first kappa shape index (κ1) is 27.6. The summed E-state index contributed by atoms with van der Waals surface area (Å²) >= 11 is 1.66. The van der Waals surface area contributed by atoms with Crippen molar-refractivity contribution in [2.45, 2.75) is 52.0 Å². The minimum absolute atomic E-state index is 0.224. The van der Waals surface area contributed by atoms with Crippen LogP contribution >= 0.6 is 11.3 Å². The summed E-state index contributed by atoms with van der Waals surface area (Å²) in [7, 11) is 1.68. The SMILES string of the molecule is CCCc1nc(-c2cc(C)cc(OC)c2)c(-c2ccnc(Nc3ccc(N4CCN5CCCCC5C4)c(F)c3)n2)s1. The molecule has 0 spiro atoms. The molecule has 0 amide bonds. The molecule has 0 bridgehead atoms. The van der Waals surface area contributed by atoms with Crippen LogP contribution in [0.25, 0.3) is 21.8 Å². The van der Waals surface area contributed by atoms with E-state index in [2.05, 4.69) is 40.0 Å². The van der Waals surface area contributed by atoms with Crippen LogP contribution in [-0.4, -0.2) is 59.2 Å². The van der Waals surface area contributed by atoms with E-state index in [1.165, 1.54) is 25.8 Å². The number of aryl methyl sites for hydroxylation is 2. The van der Waals surface area contributed by atoms with Gasteiger partial charge in [-0.15, -0.1) is 11.3 Å². The molecule has 2 aliphatic rings. The number of halogens is 1. The predicted octanol–water partition coefficient (Wildman–Crippen LogP) is 7.09. The minimum Gasteiger partial charge on any atom is -0.497 e. The van der Waals surface area contributed by atoms with E-state index in [4.69, 9.17) is 14.7 Å². The highest BCUT2D eigenvalue weighted by atomic mass is 32.1. The highest BCUT2D eigenvalue weighted by Gasteiger charge is 2.30. The van der Waals surface area contributed by atoms with E-state index in [9.17, 15) is 0 Å². The zero-order chi connectivity index (χ0) is 28.3. The molecule has 0 radical (unpaired) electrons. The van der Waals surface area contributed by atoms with E-state index >= 15 is 4.39 Å². The van der Waals surface area contributed by atoms with E-state index in [0.717, 1.165) is 70.6 Å². The Kier molecular flexibility index (Phi) is 8.16. The van der Waals surface area contributed by atoms with Gasteiger partial charge in [-0.25, -0.2) is 19.3 Å². The van der Waals surface area contributed by atoms with Crippen LogP contribution in [0.5, 0.6) is 5.75 Å². The van der Waals surface area contributed by atoms with Crippen molar-refractivity contribution in [2.24, 2.45) is 0 Å². The molecule has 1 atom stereocenters. The Hall–Kier alpha value is -3.56. The quantitative estimate of drug-likeness (QED) is 0.242. The lowest BCUT2D eigenvalue weighted by molar-refractivity contribution is 0.133. The number of thiazole rings is 1. The number of ether oxygens (including phenoxy) is 1. The van der Waals surface area contributed by atoms with E-state index in [0.29, 0.717) is 23.4 Å². The molecule has 1 unspecified atom stereocenters. The molecule has 2 fully saturated rings. The number of nitrogens with zero attached hydrogens (tertiary/aromatic N) is 5. The number of hydrogen-bond donors (Lipinski definition) is 1. The van der Waals surface area contributed by atoms with Crippen molar-refractivity contribution in [3.05, 3.63) is 65.0 Å². The Labute approximate surface area is 245 Å². The van der Waals surface area contributed by atoms with Crippen LogP contribution in [0.4, 0.5) is 21.7 Å².